The maximum atomic E-state index is 11.5. The Labute approximate surface area is 86.4 Å². The van der Waals surface area contributed by atoms with E-state index in [1.54, 1.807) is 12.1 Å². The molecule has 0 unspecified atom stereocenters. The SMILES string of the molecule is COC(=O)c1c(OC)oc2ccccc12. The second kappa shape index (κ2) is 3.65. The fraction of sp³-hybridized carbons (Fsp3) is 0.182. The number of carbonyl (C=O) groups excluding carboxylic acids is 1. The number of furan rings is 1. The fourth-order valence-corrected chi connectivity index (χ4v) is 1.46. The molecule has 2 aromatic rings. The minimum atomic E-state index is -0.461. The van der Waals surface area contributed by atoms with Gasteiger partial charge in [-0.2, -0.15) is 0 Å². The Morgan fingerprint density at radius 1 is 1.27 bits per heavy atom. The van der Waals surface area contributed by atoms with Gasteiger partial charge in [0, 0.05) is 5.39 Å². The molecule has 0 radical (unpaired) electrons. The molecule has 0 aliphatic rings. The maximum Gasteiger partial charge on any atom is 0.345 e. The summed E-state index contributed by atoms with van der Waals surface area (Å²) < 4.78 is 15.0. The lowest BCUT2D eigenvalue weighted by atomic mass is 10.2. The molecule has 1 heterocycles. The number of ether oxygens (including phenoxy) is 2. The molecule has 1 aromatic carbocycles. The van der Waals surface area contributed by atoms with Crippen LogP contribution in [-0.2, 0) is 4.74 Å². The van der Waals surface area contributed by atoms with Gasteiger partial charge in [0.1, 0.15) is 5.58 Å². The maximum absolute atomic E-state index is 11.5. The first-order chi connectivity index (χ1) is 7.27. The van der Waals surface area contributed by atoms with Crippen LogP contribution >= 0.6 is 0 Å². The van der Waals surface area contributed by atoms with E-state index in [2.05, 4.69) is 4.74 Å². The van der Waals surface area contributed by atoms with Crippen LogP contribution in [0.25, 0.3) is 11.0 Å². The predicted molar refractivity (Wildman–Crippen MR) is 54.1 cm³/mol. The van der Waals surface area contributed by atoms with E-state index < -0.39 is 5.97 Å². The zero-order valence-corrected chi connectivity index (χ0v) is 8.44. The van der Waals surface area contributed by atoms with Crippen LogP contribution in [0.3, 0.4) is 0 Å². The summed E-state index contributed by atoms with van der Waals surface area (Å²) in [6.07, 6.45) is 0. The summed E-state index contributed by atoms with van der Waals surface area (Å²) in [5, 5.41) is 0.696. The molecule has 0 amide bonds. The van der Waals surface area contributed by atoms with Crippen LogP contribution in [0.1, 0.15) is 10.4 Å². The lowest BCUT2D eigenvalue weighted by Crippen LogP contribution is -2.01. The average molecular weight is 206 g/mol. The first-order valence-corrected chi connectivity index (χ1v) is 4.41. The standard InChI is InChI=1S/C11H10O4/c1-13-10(12)9-7-5-3-4-6-8(7)15-11(9)14-2/h3-6H,1-2H3. The van der Waals surface area contributed by atoms with Crippen LogP contribution in [0.5, 0.6) is 5.95 Å². The second-order valence-electron chi connectivity index (χ2n) is 2.96. The molecule has 0 spiro atoms. The highest BCUT2D eigenvalue weighted by Gasteiger charge is 2.21. The van der Waals surface area contributed by atoms with Gasteiger partial charge in [0.15, 0.2) is 5.56 Å². The van der Waals surface area contributed by atoms with Gasteiger partial charge in [-0.15, -0.1) is 0 Å². The number of benzene rings is 1. The third-order valence-corrected chi connectivity index (χ3v) is 2.14. The number of hydrogen-bond acceptors (Lipinski definition) is 4. The highest BCUT2D eigenvalue weighted by atomic mass is 16.6. The molecule has 4 nitrogen and oxygen atoms in total. The van der Waals surface area contributed by atoms with Crippen molar-refractivity contribution in [3.05, 3.63) is 29.8 Å². The molecule has 15 heavy (non-hydrogen) atoms. The average Bonchev–Trinajstić information content (AvgIpc) is 2.66. The molecule has 0 saturated carbocycles. The van der Waals surface area contributed by atoms with Crippen molar-refractivity contribution in [1.82, 2.24) is 0 Å². The largest absolute Gasteiger partial charge is 0.468 e. The number of esters is 1. The van der Waals surface area contributed by atoms with Crippen LogP contribution in [-0.4, -0.2) is 20.2 Å². The highest BCUT2D eigenvalue weighted by molar-refractivity contribution is 6.05. The smallest absolute Gasteiger partial charge is 0.345 e. The van der Waals surface area contributed by atoms with Crippen LogP contribution in [0.15, 0.2) is 28.7 Å². The van der Waals surface area contributed by atoms with Gasteiger partial charge >= 0.3 is 5.97 Å². The van der Waals surface area contributed by atoms with Gasteiger partial charge in [-0.1, -0.05) is 18.2 Å². The lowest BCUT2D eigenvalue weighted by molar-refractivity contribution is 0.0596. The second-order valence-corrected chi connectivity index (χ2v) is 2.96. The number of para-hydroxylation sites is 1. The fourth-order valence-electron chi connectivity index (χ4n) is 1.46. The molecular formula is C11H10O4. The van der Waals surface area contributed by atoms with Crippen molar-refractivity contribution in [2.24, 2.45) is 0 Å². The molecule has 78 valence electrons. The summed E-state index contributed by atoms with van der Waals surface area (Å²) in [5.41, 5.74) is 0.936. The topological polar surface area (TPSA) is 48.7 Å². The molecule has 1 aromatic heterocycles. The van der Waals surface area contributed by atoms with Gasteiger partial charge in [0.2, 0.25) is 0 Å². The van der Waals surface area contributed by atoms with E-state index in [9.17, 15) is 4.79 Å². The molecule has 0 N–H and O–H groups in total. The predicted octanol–water partition coefficient (Wildman–Crippen LogP) is 2.23. The van der Waals surface area contributed by atoms with Crippen LogP contribution in [0.2, 0.25) is 0 Å². The first kappa shape index (κ1) is 9.58. The van der Waals surface area contributed by atoms with Crippen molar-refractivity contribution in [1.29, 1.82) is 0 Å². The van der Waals surface area contributed by atoms with Gasteiger partial charge in [-0.3, -0.25) is 0 Å². The monoisotopic (exact) mass is 206 g/mol. The molecule has 0 atom stereocenters. The van der Waals surface area contributed by atoms with Crippen molar-refractivity contribution in [3.8, 4) is 5.95 Å². The molecule has 0 fully saturated rings. The van der Waals surface area contributed by atoms with Crippen molar-refractivity contribution >= 4 is 16.9 Å². The zero-order valence-electron chi connectivity index (χ0n) is 8.44. The molecule has 4 heteroatoms. The van der Waals surface area contributed by atoms with Crippen molar-refractivity contribution in [3.63, 3.8) is 0 Å². The van der Waals surface area contributed by atoms with Gasteiger partial charge in [0.05, 0.1) is 14.2 Å². The van der Waals surface area contributed by atoms with Crippen LogP contribution < -0.4 is 4.74 Å². The number of fused-ring (bicyclic) bond motifs is 1. The van der Waals surface area contributed by atoms with E-state index in [-0.39, 0.29) is 5.95 Å². The van der Waals surface area contributed by atoms with Gasteiger partial charge < -0.3 is 13.9 Å². The summed E-state index contributed by atoms with van der Waals surface area (Å²) in [7, 11) is 2.77. The Bertz CT molecular complexity index is 498. The van der Waals surface area contributed by atoms with E-state index in [1.807, 2.05) is 12.1 Å². The summed E-state index contributed by atoms with van der Waals surface area (Å²) in [6.45, 7) is 0. The Balaban J connectivity index is 2.72. The minimum Gasteiger partial charge on any atom is -0.468 e. The van der Waals surface area contributed by atoms with Crippen molar-refractivity contribution in [2.75, 3.05) is 14.2 Å². The molecular weight excluding hydrogens is 196 g/mol. The van der Waals surface area contributed by atoms with Crippen molar-refractivity contribution in [2.45, 2.75) is 0 Å². The number of methoxy groups -OCH3 is 2. The molecule has 0 aliphatic carbocycles. The van der Waals surface area contributed by atoms with Crippen LogP contribution in [0, 0.1) is 0 Å². The van der Waals surface area contributed by atoms with E-state index in [0.29, 0.717) is 16.5 Å². The summed E-state index contributed by atoms with van der Waals surface area (Å²) in [4.78, 5) is 11.5. The summed E-state index contributed by atoms with van der Waals surface area (Å²) in [5.74, 6) is -0.278. The quantitative estimate of drug-likeness (QED) is 0.707. The highest BCUT2D eigenvalue weighted by Crippen LogP contribution is 2.31. The Kier molecular flexibility index (Phi) is 2.33. The van der Waals surface area contributed by atoms with Gasteiger partial charge in [0.25, 0.3) is 5.95 Å². The van der Waals surface area contributed by atoms with E-state index >= 15 is 0 Å². The van der Waals surface area contributed by atoms with Crippen LogP contribution in [0.4, 0.5) is 0 Å². The minimum absolute atomic E-state index is 0.183. The Hall–Kier alpha value is -1.97. The third-order valence-electron chi connectivity index (χ3n) is 2.14. The molecule has 0 aliphatic heterocycles. The summed E-state index contributed by atoms with van der Waals surface area (Å²) in [6, 6.07) is 7.20. The number of hydrogen-bond donors (Lipinski definition) is 0. The Morgan fingerprint density at radius 3 is 2.67 bits per heavy atom. The lowest BCUT2D eigenvalue weighted by Gasteiger charge is -1.98. The van der Waals surface area contributed by atoms with Crippen molar-refractivity contribution < 1.29 is 18.7 Å². The number of rotatable bonds is 2. The third kappa shape index (κ3) is 1.44. The van der Waals surface area contributed by atoms with E-state index in [4.69, 9.17) is 9.15 Å². The molecule has 0 saturated heterocycles. The normalized spacial score (nSPS) is 10.3. The first-order valence-electron chi connectivity index (χ1n) is 4.41. The number of carbonyl (C=O) groups is 1. The van der Waals surface area contributed by atoms with E-state index in [1.165, 1.54) is 14.2 Å². The van der Waals surface area contributed by atoms with Gasteiger partial charge in [-0.25, -0.2) is 4.79 Å². The molecule has 2 rings (SSSR count). The zero-order chi connectivity index (χ0) is 10.8. The summed E-state index contributed by atoms with van der Waals surface area (Å²) >= 11 is 0. The van der Waals surface area contributed by atoms with Gasteiger partial charge in [-0.05, 0) is 6.07 Å². The Morgan fingerprint density at radius 2 is 2.00 bits per heavy atom. The van der Waals surface area contributed by atoms with E-state index in [0.717, 1.165) is 0 Å². The molecule has 0 bridgehead atoms.